The summed E-state index contributed by atoms with van der Waals surface area (Å²) in [5.74, 6) is 1.62. The van der Waals surface area contributed by atoms with E-state index in [0.29, 0.717) is 12.0 Å². The lowest BCUT2D eigenvalue weighted by Crippen LogP contribution is -2.38. The third-order valence-electron chi connectivity index (χ3n) is 5.75. The second-order valence-electron chi connectivity index (χ2n) is 7.78. The van der Waals surface area contributed by atoms with Crippen molar-refractivity contribution < 1.29 is 9.47 Å². The van der Waals surface area contributed by atoms with Crippen molar-refractivity contribution in [3.8, 4) is 10.4 Å². The van der Waals surface area contributed by atoms with Crippen LogP contribution in [0, 0.1) is 5.92 Å². The van der Waals surface area contributed by atoms with E-state index in [4.69, 9.17) is 21.1 Å². The van der Waals surface area contributed by atoms with Crippen LogP contribution in [-0.2, 0) is 9.47 Å². The summed E-state index contributed by atoms with van der Waals surface area (Å²) < 4.78 is 12.8. The first-order valence-electron chi connectivity index (χ1n) is 10.2. The fraction of sp³-hybridized carbons (Fsp3) is 0.455. The van der Waals surface area contributed by atoms with E-state index in [1.165, 1.54) is 4.88 Å². The number of hydrogen-bond donors (Lipinski definition) is 0. The minimum atomic E-state index is 0.345. The summed E-state index contributed by atoms with van der Waals surface area (Å²) in [5.41, 5.74) is 2.16. The lowest BCUT2D eigenvalue weighted by molar-refractivity contribution is 0.0131. The molecule has 2 aromatic heterocycles. The summed E-state index contributed by atoms with van der Waals surface area (Å²) in [4.78, 5) is 12.7. The third kappa shape index (κ3) is 4.26. The zero-order valence-corrected chi connectivity index (χ0v) is 17.8. The summed E-state index contributed by atoms with van der Waals surface area (Å²) in [6, 6.07) is 10.1. The minimum absolute atomic E-state index is 0.345. The second kappa shape index (κ2) is 8.56. The lowest BCUT2D eigenvalue weighted by atomic mass is 10.1. The molecule has 1 aromatic carbocycles. The maximum atomic E-state index is 6.16. The zero-order chi connectivity index (χ0) is 19.6. The third-order valence-corrected chi connectivity index (χ3v) is 7.18. The van der Waals surface area contributed by atoms with E-state index in [0.717, 1.165) is 78.8 Å². The van der Waals surface area contributed by atoms with E-state index in [2.05, 4.69) is 33.1 Å². The van der Waals surface area contributed by atoms with Gasteiger partial charge in [0.05, 0.1) is 29.5 Å². The molecule has 4 heterocycles. The van der Waals surface area contributed by atoms with Gasteiger partial charge in [-0.05, 0) is 43.0 Å². The molecule has 2 aliphatic rings. The molecular formula is C22H24ClN3O2S. The highest BCUT2D eigenvalue weighted by Crippen LogP contribution is 2.38. The second-order valence-corrected chi connectivity index (χ2v) is 9.27. The van der Waals surface area contributed by atoms with Crippen LogP contribution in [0.2, 0.25) is 5.02 Å². The monoisotopic (exact) mass is 429 g/mol. The van der Waals surface area contributed by atoms with Crippen LogP contribution in [0.5, 0.6) is 0 Å². The zero-order valence-electron chi connectivity index (χ0n) is 16.2. The largest absolute Gasteiger partial charge is 0.381 e. The first kappa shape index (κ1) is 19.2. The quantitative estimate of drug-likeness (QED) is 0.569. The molecule has 3 aromatic rings. The van der Waals surface area contributed by atoms with Crippen molar-refractivity contribution in [3.05, 3.63) is 41.7 Å². The predicted molar refractivity (Wildman–Crippen MR) is 118 cm³/mol. The summed E-state index contributed by atoms with van der Waals surface area (Å²) in [7, 11) is 0. The highest BCUT2D eigenvalue weighted by atomic mass is 35.5. The summed E-state index contributed by atoms with van der Waals surface area (Å²) in [6.45, 7) is 4.50. The van der Waals surface area contributed by atoms with Crippen LogP contribution < -0.4 is 4.90 Å². The van der Waals surface area contributed by atoms with E-state index < -0.39 is 0 Å². The maximum absolute atomic E-state index is 6.16. The molecule has 0 amide bonds. The van der Waals surface area contributed by atoms with Gasteiger partial charge in [0.1, 0.15) is 12.1 Å². The number of fused-ring (bicyclic) bond motifs is 1. The molecular weight excluding hydrogens is 406 g/mol. The molecule has 2 saturated heterocycles. The molecule has 0 radical (unpaired) electrons. The number of hydrogen-bond acceptors (Lipinski definition) is 6. The Hall–Kier alpha value is -1.73. The van der Waals surface area contributed by atoms with Crippen LogP contribution in [0.3, 0.4) is 0 Å². The number of ether oxygens (including phenoxy) is 2. The van der Waals surface area contributed by atoms with Crippen molar-refractivity contribution >= 4 is 39.0 Å². The van der Waals surface area contributed by atoms with E-state index in [9.17, 15) is 0 Å². The van der Waals surface area contributed by atoms with E-state index >= 15 is 0 Å². The fourth-order valence-electron chi connectivity index (χ4n) is 4.04. The van der Waals surface area contributed by atoms with Crippen molar-refractivity contribution in [2.24, 2.45) is 5.92 Å². The van der Waals surface area contributed by atoms with Crippen molar-refractivity contribution in [2.75, 3.05) is 37.8 Å². The number of rotatable bonds is 5. The van der Waals surface area contributed by atoms with Crippen LogP contribution in [0.4, 0.5) is 5.82 Å². The van der Waals surface area contributed by atoms with Gasteiger partial charge in [-0.3, -0.25) is 0 Å². The maximum Gasteiger partial charge on any atom is 0.150 e. The standard InChI is InChI=1S/C22H24ClN3O2S/c23-17-3-1-16(2-4-17)20-11-19-21(29-20)22(25-14-24-19)26-8-5-18(6-9-26)28-13-15-7-10-27-12-15/h1-4,11,14-15,18H,5-10,12-13H2. The lowest BCUT2D eigenvalue weighted by Gasteiger charge is -2.33. The van der Waals surface area contributed by atoms with Crippen molar-refractivity contribution in [2.45, 2.75) is 25.4 Å². The Balaban J connectivity index is 1.28. The van der Waals surface area contributed by atoms with Crippen molar-refractivity contribution in [3.63, 3.8) is 0 Å². The van der Waals surface area contributed by atoms with Gasteiger partial charge in [-0.25, -0.2) is 9.97 Å². The molecule has 1 atom stereocenters. The fourth-order valence-corrected chi connectivity index (χ4v) is 5.30. The summed E-state index contributed by atoms with van der Waals surface area (Å²) in [5, 5.41) is 0.751. The molecule has 5 nitrogen and oxygen atoms in total. The smallest absolute Gasteiger partial charge is 0.150 e. The Morgan fingerprint density at radius 3 is 2.72 bits per heavy atom. The van der Waals surface area contributed by atoms with Crippen LogP contribution in [0.1, 0.15) is 19.3 Å². The molecule has 0 N–H and O–H groups in total. The Morgan fingerprint density at radius 1 is 1.14 bits per heavy atom. The van der Waals surface area contributed by atoms with Gasteiger partial charge in [0.15, 0.2) is 0 Å². The van der Waals surface area contributed by atoms with Gasteiger partial charge in [-0.2, -0.15) is 0 Å². The SMILES string of the molecule is Clc1ccc(-c2cc3ncnc(N4CCC(OCC5CCOC5)CC4)c3s2)cc1. The molecule has 2 fully saturated rings. The van der Waals surface area contributed by atoms with Crippen LogP contribution in [-0.4, -0.2) is 49.0 Å². The van der Waals surface area contributed by atoms with Crippen molar-refractivity contribution in [1.82, 2.24) is 9.97 Å². The summed E-state index contributed by atoms with van der Waals surface area (Å²) in [6.07, 6.45) is 5.23. The molecule has 0 saturated carbocycles. The van der Waals surface area contributed by atoms with Gasteiger partial charge >= 0.3 is 0 Å². The van der Waals surface area contributed by atoms with Crippen LogP contribution in [0.25, 0.3) is 20.7 Å². The average Bonchev–Trinajstić information content (AvgIpc) is 3.43. The topological polar surface area (TPSA) is 47.5 Å². The molecule has 29 heavy (non-hydrogen) atoms. The number of nitrogens with zero attached hydrogens (tertiary/aromatic N) is 3. The minimum Gasteiger partial charge on any atom is -0.381 e. The van der Waals surface area contributed by atoms with Gasteiger partial charge in [0.2, 0.25) is 0 Å². The first-order chi connectivity index (χ1) is 14.3. The van der Waals surface area contributed by atoms with Gasteiger partial charge < -0.3 is 14.4 Å². The molecule has 1 unspecified atom stereocenters. The van der Waals surface area contributed by atoms with E-state index in [-0.39, 0.29) is 0 Å². The molecule has 0 bridgehead atoms. The Kier molecular flexibility index (Phi) is 5.68. The molecule has 5 rings (SSSR count). The number of aromatic nitrogens is 2. The summed E-state index contributed by atoms with van der Waals surface area (Å²) >= 11 is 7.78. The highest BCUT2D eigenvalue weighted by Gasteiger charge is 2.25. The normalized spacial score (nSPS) is 20.6. The van der Waals surface area contributed by atoms with E-state index in [1.54, 1.807) is 17.7 Å². The number of benzene rings is 1. The van der Waals surface area contributed by atoms with Gasteiger partial charge in [0, 0.05) is 35.5 Å². The molecule has 0 aliphatic carbocycles. The van der Waals surface area contributed by atoms with E-state index in [1.807, 2.05) is 12.1 Å². The predicted octanol–water partition coefficient (Wildman–Crippen LogP) is 5.03. The Labute approximate surface area is 179 Å². The molecule has 0 spiro atoms. The van der Waals surface area contributed by atoms with Gasteiger partial charge in [-0.1, -0.05) is 23.7 Å². The van der Waals surface area contributed by atoms with Crippen LogP contribution in [0.15, 0.2) is 36.7 Å². The Bertz CT molecular complexity index is 964. The average molecular weight is 430 g/mol. The molecule has 152 valence electrons. The Morgan fingerprint density at radius 2 is 1.97 bits per heavy atom. The first-order valence-corrected chi connectivity index (χ1v) is 11.4. The van der Waals surface area contributed by atoms with Gasteiger partial charge in [-0.15, -0.1) is 11.3 Å². The number of anilines is 1. The van der Waals surface area contributed by atoms with Crippen molar-refractivity contribution in [1.29, 1.82) is 0 Å². The molecule has 7 heteroatoms. The molecule has 2 aliphatic heterocycles. The van der Waals surface area contributed by atoms with Crippen LogP contribution >= 0.6 is 22.9 Å². The number of piperidine rings is 1. The van der Waals surface area contributed by atoms with Gasteiger partial charge in [0.25, 0.3) is 0 Å². The number of thiophene rings is 1. The number of halogens is 1. The highest BCUT2D eigenvalue weighted by molar-refractivity contribution is 7.22.